The molecule has 1 aliphatic rings. The molecule has 2 heterocycles. The number of anilines is 1. The van der Waals surface area contributed by atoms with Gasteiger partial charge in [-0.25, -0.2) is 14.2 Å². The van der Waals surface area contributed by atoms with E-state index >= 15 is 0 Å². The Hall–Kier alpha value is -4.34. The molecule has 0 saturated carbocycles. The quantitative estimate of drug-likeness (QED) is 0.461. The summed E-state index contributed by atoms with van der Waals surface area (Å²) in [7, 11) is 0. The average Bonchev–Trinajstić information content (AvgIpc) is 3.27. The molecule has 0 radical (unpaired) electrons. The molecule has 0 spiro atoms. The van der Waals surface area contributed by atoms with Gasteiger partial charge in [-0.3, -0.25) is 4.79 Å². The van der Waals surface area contributed by atoms with Gasteiger partial charge in [0.25, 0.3) is 5.91 Å². The van der Waals surface area contributed by atoms with Gasteiger partial charge in [0.1, 0.15) is 34.2 Å². The van der Waals surface area contributed by atoms with Crippen LogP contribution in [0.15, 0.2) is 60.8 Å². The number of benzene rings is 2. The minimum absolute atomic E-state index is 0.0673. The number of alkyl carbamates (subject to hydrolysis) is 1. The van der Waals surface area contributed by atoms with E-state index in [1.165, 1.54) is 12.1 Å². The molecule has 3 N–H and O–H groups in total. The van der Waals surface area contributed by atoms with E-state index in [-0.39, 0.29) is 17.5 Å². The van der Waals surface area contributed by atoms with Crippen molar-refractivity contribution in [2.75, 3.05) is 18.0 Å². The van der Waals surface area contributed by atoms with E-state index in [4.69, 9.17) is 19.9 Å². The first kappa shape index (κ1) is 25.7. The third-order valence-corrected chi connectivity index (χ3v) is 5.45. The van der Waals surface area contributed by atoms with Crippen molar-refractivity contribution in [2.24, 2.45) is 5.73 Å². The van der Waals surface area contributed by atoms with Gasteiger partial charge in [0.2, 0.25) is 5.88 Å². The Bertz CT molecular complexity index is 1280. The predicted molar refractivity (Wildman–Crippen MR) is 136 cm³/mol. The fourth-order valence-corrected chi connectivity index (χ4v) is 3.81. The Morgan fingerprint density at radius 1 is 1.05 bits per heavy atom. The van der Waals surface area contributed by atoms with Crippen LogP contribution in [0.2, 0.25) is 0 Å². The van der Waals surface area contributed by atoms with Crippen LogP contribution in [0.25, 0.3) is 0 Å². The van der Waals surface area contributed by atoms with Gasteiger partial charge in [0.05, 0.1) is 17.9 Å². The van der Waals surface area contributed by atoms with E-state index in [0.29, 0.717) is 42.4 Å². The maximum Gasteiger partial charge on any atom is 0.407 e. The van der Waals surface area contributed by atoms with Crippen molar-refractivity contribution in [2.45, 2.75) is 38.8 Å². The van der Waals surface area contributed by atoms with Gasteiger partial charge in [-0.1, -0.05) is 6.07 Å². The van der Waals surface area contributed by atoms with Gasteiger partial charge < -0.3 is 30.2 Å². The summed E-state index contributed by atoms with van der Waals surface area (Å²) in [6.45, 7) is 6.62. The van der Waals surface area contributed by atoms with Crippen molar-refractivity contribution in [1.29, 1.82) is 0 Å². The fraction of sp³-hybridized carbons (Fsp3) is 0.296. The molecule has 4 rings (SSSR count). The fourth-order valence-electron chi connectivity index (χ4n) is 3.81. The van der Waals surface area contributed by atoms with Crippen molar-refractivity contribution in [3.05, 3.63) is 72.2 Å². The first-order valence-electron chi connectivity index (χ1n) is 11.8. The topological polar surface area (TPSA) is 116 Å². The van der Waals surface area contributed by atoms with E-state index in [1.807, 2.05) is 25.7 Å². The molecule has 1 fully saturated rings. The molecule has 1 unspecified atom stereocenters. The predicted octanol–water partition coefficient (Wildman–Crippen LogP) is 5.01. The number of pyridine rings is 1. The highest BCUT2D eigenvalue weighted by molar-refractivity contribution is 5.96. The van der Waals surface area contributed by atoms with Crippen molar-refractivity contribution >= 4 is 17.7 Å². The number of hydrogen-bond acceptors (Lipinski definition) is 7. The van der Waals surface area contributed by atoms with Crippen LogP contribution in [0.5, 0.6) is 23.1 Å². The Balaban J connectivity index is 1.41. The maximum atomic E-state index is 13.4. The molecule has 2 amide bonds. The SMILES string of the molecule is CC(C)(C)OC(=O)NC1CCN(c2cnc(Oc3ccc(Oc4cccc(F)c4)cc3)c(C(N)=O)c2)C1. The van der Waals surface area contributed by atoms with E-state index in [0.717, 1.165) is 0 Å². The van der Waals surface area contributed by atoms with Crippen molar-refractivity contribution in [3.63, 3.8) is 0 Å². The standard InChI is InChI=1S/C27H29FN4O5/c1-27(2,3)37-26(34)31-18-11-12-32(16-18)19-14-23(24(29)33)25(30-15-19)36-21-9-7-20(8-10-21)35-22-6-4-5-17(28)13-22/h4-10,13-15,18H,11-12,16H2,1-3H3,(H2,29,33)(H,31,34). The van der Waals surface area contributed by atoms with Crippen LogP contribution >= 0.6 is 0 Å². The minimum Gasteiger partial charge on any atom is -0.457 e. The smallest absolute Gasteiger partial charge is 0.407 e. The number of carbonyl (C=O) groups is 2. The second-order valence-electron chi connectivity index (χ2n) is 9.62. The summed E-state index contributed by atoms with van der Waals surface area (Å²) in [5.41, 5.74) is 5.85. The number of nitrogens with one attached hydrogen (secondary N) is 1. The molecule has 2 aromatic carbocycles. The molecule has 1 atom stereocenters. The first-order chi connectivity index (χ1) is 17.6. The number of halogens is 1. The summed E-state index contributed by atoms with van der Waals surface area (Å²) in [6, 6.07) is 13.9. The lowest BCUT2D eigenvalue weighted by Crippen LogP contribution is -2.40. The van der Waals surface area contributed by atoms with Gasteiger partial charge in [-0.05, 0) is 69.7 Å². The normalized spacial score (nSPS) is 15.2. The van der Waals surface area contributed by atoms with E-state index in [9.17, 15) is 14.0 Å². The van der Waals surface area contributed by atoms with Crippen LogP contribution in [-0.4, -0.2) is 41.7 Å². The van der Waals surface area contributed by atoms with Gasteiger partial charge in [-0.15, -0.1) is 0 Å². The largest absolute Gasteiger partial charge is 0.457 e. The van der Waals surface area contributed by atoms with Gasteiger partial charge in [0, 0.05) is 19.2 Å². The zero-order valence-electron chi connectivity index (χ0n) is 20.9. The summed E-state index contributed by atoms with van der Waals surface area (Å²) >= 11 is 0. The summed E-state index contributed by atoms with van der Waals surface area (Å²) in [5, 5.41) is 2.87. The highest BCUT2D eigenvalue weighted by Gasteiger charge is 2.27. The van der Waals surface area contributed by atoms with Crippen LogP contribution < -0.4 is 25.4 Å². The van der Waals surface area contributed by atoms with E-state index < -0.39 is 23.4 Å². The van der Waals surface area contributed by atoms with E-state index in [1.54, 1.807) is 48.7 Å². The molecule has 0 bridgehead atoms. The lowest BCUT2D eigenvalue weighted by atomic mass is 10.2. The molecule has 1 aromatic heterocycles. The zero-order valence-corrected chi connectivity index (χ0v) is 20.9. The van der Waals surface area contributed by atoms with Crippen LogP contribution in [0.3, 0.4) is 0 Å². The molecule has 194 valence electrons. The molecule has 10 heteroatoms. The highest BCUT2D eigenvalue weighted by Crippen LogP contribution is 2.30. The average molecular weight is 509 g/mol. The number of aromatic nitrogens is 1. The molecule has 1 aliphatic heterocycles. The van der Waals surface area contributed by atoms with Crippen LogP contribution in [0.4, 0.5) is 14.9 Å². The Labute approximate surface area is 214 Å². The molecule has 37 heavy (non-hydrogen) atoms. The Morgan fingerprint density at radius 3 is 2.41 bits per heavy atom. The molecule has 9 nitrogen and oxygen atoms in total. The second kappa shape index (κ2) is 10.7. The van der Waals surface area contributed by atoms with Gasteiger partial charge >= 0.3 is 6.09 Å². The summed E-state index contributed by atoms with van der Waals surface area (Å²) in [4.78, 5) is 30.6. The van der Waals surface area contributed by atoms with Crippen molar-refractivity contribution < 1.29 is 28.2 Å². The van der Waals surface area contributed by atoms with Crippen LogP contribution in [-0.2, 0) is 4.74 Å². The molecule has 0 aliphatic carbocycles. The van der Waals surface area contributed by atoms with E-state index in [2.05, 4.69) is 10.3 Å². The number of rotatable bonds is 7. The third-order valence-electron chi connectivity index (χ3n) is 5.45. The maximum absolute atomic E-state index is 13.4. The van der Waals surface area contributed by atoms with Crippen molar-refractivity contribution in [3.8, 4) is 23.1 Å². The molecular formula is C27H29FN4O5. The number of ether oxygens (including phenoxy) is 3. The monoisotopic (exact) mass is 508 g/mol. The highest BCUT2D eigenvalue weighted by atomic mass is 19.1. The van der Waals surface area contributed by atoms with Crippen molar-refractivity contribution in [1.82, 2.24) is 10.3 Å². The second-order valence-corrected chi connectivity index (χ2v) is 9.62. The number of primary amides is 1. The van der Waals surface area contributed by atoms with Crippen LogP contribution in [0, 0.1) is 5.82 Å². The summed E-state index contributed by atoms with van der Waals surface area (Å²) < 4.78 is 30.1. The molecule has 3 aromatic rings. The van der Waals surface area contributed by atoms with Crippen LogP contribution in [0.1, 0.15) is 37.6 Å². The third kappa shape index (κ3) is 7.09. The Morgan fingerprint density at radius 2 is 1.76 bits per heavy atom. The Kier molecular flexibility index (Phi) is 7.47. The van der Waals surface area contributed by atoms with Gasteiger partial charge in [0.15, 0.2) is 0 Å². The zero-order chi connectivity index (χ0) is 26.6. The summed E-state index contributed by atoms with van der Waals surface area (Å²) in [6.07, 6.45) is 1.85. The lowest BCUT2D eigenvalue weighted by molar-refractivity contribution is 0.0508. The number of carbonyl (C=O) groups excluding carboxylic acids is 2. The minimum atomic E-state index is -0.682. The van der Waals surface area contributed by atoms with Gasteiger partial charge in [-0.2, -0.15) is 0 Å². The lowest BCUT2D eigenvalue weighted by Gasteiger charge is -2.22. The first-order valence-corrected chi connectivity index (χ1v) is 11.8. The number of nitrogens with two attached hydrogens (primary N) is 1. The molecule has 1 saturated heterocycles. The molecular weight excluding hydrogens is 479 g/mol. The number of nitrogens with zero attached hydrogens (tertiary/aromatic N) is 2. The summed E-state index contributed by atoms with van der Waals surface area (Å²) in [5.74, 6) is 0.259. The number of amides is 2. The number of hydrogen-bond donors (Lipinski definition) is 2.